The quantitative estimate of drug-likeness (QED) is 0.865. The number of hydrogen-bond acceptors (Lipinski definition) is 4. The molecule has 0 aliphatic rings. The molecule has 0 aliphatic carbocycles. The largest absolute Gasteiger partial charge is 0.315 e. The van der Waals surface area contributed by atoms with Crippen molar-refractivity contribution in [3.8, 4) is 11.3 Å². The van der Waals surface area contributed by atoms with Crippen molar-refractivity contribution in [3.05, 3.63) is 35.0 Å². The van der Waals surface area contributed by atoms with E-state index in [1.165, 1.54) is 17.6 Å². The molecule has 0 saturated carbocycles. The third-order valence-corrected chi connectivity index (χ3v) is 2.74. The lowest BCUT2D eigenvalue weighted by Crippen LogP contribution is -2.04. The number of hydrogen-bond donors (Lipinski definition) is 1. The molecule has 0 atom stereocenters. The van der Waals surface area contributed by atoms with Crippen LogP contribution in [0.4, 0.5) is 4.39 Å². The normalized spacial score (nSPS) is 10.5. The van der Waals surface area contributed by atoms with E-state index in [0.29, 0.717) is 17.8 Å². The molecule has 0 unspecified atom stereocenters. The Labute approximate surface area is 91.1 Å². The highest BCUT2D eigenvalue weighted by Crippen LogP contribution is 2.25. The van der Waals surface area contributed by atoms with Crippen molar-refractivity contribution < 1.29 is 4.39 Å². The molecular formula is C10H10FN3S. The first-order valence-corrected chi connectivity index (χ1v) is 5.31. The molecule has 0 spiro atoms. The van der Waals surface area contributed by atoms with Crippen LogP contribution in [0.5, 0.6) is 0 Å². The Bertz CT molecular complexity index is 455. The number of benzene rings is 1. The van der Waals surface area contributed by atoms with E-state index in [1.807, 2.05) is 7.05 Å². The summed E-state index contributed by atoms with van der Waals surface area (Å²) >= 11 is 1.29. The average molecular weight is 223 g/mol. The van der Waals surface area contributed by atoms with Crippen LogP contribution in [-0.4, -0.2) is 16.6 Å². The first-order chi connectivity index (χ1) is 7.33. The van der Waals surface area contributed by atoms with Crippen LogP contribution >= 0.6 is 11.5 Å². The molecule has 0 saturated heterocycles. The van der Waals surface area contributed by atoms with Crippen LogP contribution in [0.15, 0.2) is 24.3 Å². The fraction of sp³-hybridized carbons (Fsp3) is 0.200. The zero-order valence-electron chi connectivity index (χ0n) is 8.20. The highest BCUT2D eigenvalue weighted by atomic mass is 32.1. The molecule has 0 bridgehead atoms. The van der Waals surface area contributed by atoms with Crippen molar-refractivity contribution in [1.82, 2.24) is 14.9 Å². The fourth-order valence-electron chi connectivity index (χ4n) is 1.34. The minimum absolute atomic E-state index is 0.262. The van der Waals surface area contributed by atoms with Gasteiger partial charge in [-0.1, -0.05) is 16.6 Å². The predicted molar refractivity (Wildman–Crippen MR) is 58.1 cm³/mol. The van der Waals surface area contributed by atoms with E-state index in [9.17, 15) is 4.39 Å². The van der Waals surface area contributed by atoms with E-state index in [4.69, 9.17) is 0 Å². The summed E-state index contributed by atoms with van der Waals surface area (Å²) in [6.45, 7) is 0.654. The summed E-state index contributed by atoms with van der Waals surface area (Å²) in [6.07, 6.45) is 0. The lowest BCUT2D eigenvalue weighted by Gasteiger charge is -2.01. The maximum absolute atomic E-state index is 13.5. The van der Waals surface area contributed by atoms with Gasteiger partial charge in [-0.05, 0) is 30.7 Å². The maximum atomic E-state index is 13.5. The van der Waals surface area contributed by atoms with Crippen LogP contribution in [0.25, 0.3) is 11.3 Å². The summed E-state index contributed by atoms with van der Waals surface area (Å²) in [7, 11) is 1.84. The molecule has 1 N–H and O–H groups in total. The van der Waals surface area contributed by atoms with Crippen molar-refractivity contribution >= 4 is 11.5 Å². The van der Waals surface area contributed by atoms with E-state index in [1.54, 1.807) is 18.2 Å². The van der Waals surface area contributed by atoms with Gasteiger partial charge < -0.3 is 5.32 Å². The Balaban J connectivity index is 2.45. The topological polar surface area (TPSA) is 37.8 Å². The van der Waals surface area contributed by atoms with Gasteiger partial charge in [-0.3, -0.25) is 0 Å². The molecule has 3 nitrogen and oxygen atoms in total. The van der Waals surface area contributed by atoms with Gasteiger partial charge in [0.05, 0.1) is 4.88 Å². The highest BCUT2D eigenvalue weighted by molar-refractivity contribution is 7.05. The molecular weight excluding hydrogens is 213 g/mol. The third kappa shape index (κ3) is 2.03. The Morgan fingerprint density at radius 2 is 2.20 bits per heavy atom. The average Bonchev–Trinajstić information content (AvgIpc) is 2.67. The first kappa shape index (κ1) is 10.2. The summed E-state index contributed by atoms with van der Waals surface area (Å²) in [5.74, 6) is -0.262. The molecule has 0 fully saturated rings. The Kier molecular flexibility index (Phi) is 3.03. The van der Waals surface area contributed by atoms with Crippen LogP contribution in [0, 0.1) is 5.82 Å². The number of nitrogens with one attached hydrogen (secondary N) is 1. The summed E-state index contributed by atoms with van der Waals surface area (Å²) in [4.78, 5) is 0.947. The number of nitrogens with zero attached hydrogens (tertiary/aromatic N) is 2. The van der Waals surface area contributed by atoms with E-state index in [-0.39, 0.29) is 5.82 Å². The lowest BCUT2D eigenvalue weighted by molar-refractivity contribution is 0.630. The van der Waals surface area contributed by atoms with Gasteiger partial charge in [0.15, 0.2) is 0 Å². The minimum Gasteiger partial charge on any atom is -0.315 e. The molecule has 78 valence electrons. The zero-order valence-corrected chi connectivity index (χ0v) is 9.01. The van der Waals surface area contributed by atoms with Crippen LogP contribution in [-0.2, 0) is 6.54 Å². The van der Waals surface area contributed by atoms with Crippen molar-refractivity contribution in [3.63, 3.8) is 0 Å². The van der Waals surface area contributed by atoms with Gasteiger partial charge in [0, 0.05) is 12.1 Å². The zero-order chi connectivity index (χ0) is 10.7. The SMILES string of the molecule is CNCc1snnc1-c1ccccc1F. The monoisotopic (exact) mass is 223 g/mol. The smallest absolute Gasteiger partial charge is 0.132 e. The molecule has 1 aromatic carbocycles. The number of halogens is 1. The molecule has 2 aromatic rings. The second kappa shape index (κ2) is 4.46. The molecule has 1 heterocycles. The van der Waals surface area contributed by atoms with Crippen molar-refractivity contribution in [2.75, 3.05) is 7.05 Å². The second-order valence-electron chi connectivity index (χ2n) is 3.05. The Morgan fingerprint density at radius 3 is 2.93 bits per heavy atom. The van der Waals surface area contributed by atoms with E-state index in [2.05, 4.69) is 14.9 Å². The highest BCUT2D eigenvalue weighted by Gasteiger charge is 2.12. The minimum atomic E-state index is -0.262. The van der Waals surface area contributed by atoms with E-state index < -0.39 is 0 Å². The van der Waals surface area contributed by atoms with E-state index in [0.717, 1.165) is 4.88 Å². The van der Waals surface area contributed by atoms with Gasteiger partial charge in [-0.2, -0.15) is 0 Å². The third-order valence-electron chi connectivity index (χ3n) is 2.02. The molecule has 1 aromatic heterocycles. The van der Waals surface area contributed by atoms with Crippen LogP contribution in [0.3, 0.4) is 0 Å². The summed E-state index contributed by atoms with van der Waals surface area (Å²) < 4.78 is 17.3. The Hall–Kier alpha value is -1.33. The van der Waals surface area contributed by atoms with E-state index >= 15 is 0 Å². The molecule has 0 amide bonds. The van der Waals surface area contributed by atoms with Crippen molar-refractivity contribution in [2.24, 2.45) is 0 Å². The number of rotatable bonds is 3. The summed E-state index contributed by atoms with van der Waals surface area (Å²) in [5, 5.41) is 6.96. The molecule has 5 heteroatoms. The molecule has 0 radical (unpaired) electrons. The summed E-state index contributed by atoms with van der Waals surface area (Å²) in [6, 6.07) is 6.60. The molecule has 15 heavy (non-hydrogen) atoms. The fourth-order valence-corrected chi connectivity index (χ4v) is 2.01. The van der Waals surface area contributed by atoms with Gasteiger partial charge in [0.1, 0.15) is 11.5 Å². The maximum Gasteiger partial charge on any atom is 0.132 e. The van der Waals surface area contributed by atoms with Crippen LogP contribution in [0.1, 0.15) is 4.88 Å². The van der Waals surface area contributed by atoms with Crippen LogP contribution < -0.4 is 5.32 Å². The predicted octanol–water partition coefficient (Wildman–Crippen LogP) is 2.06. The van der Waals surface area contributed by atoms with Gasteiger partial charge in [-0.25, -0.2) is 4.39 Å². The van der Waals surface area contributed by atoms with Gasteiger partial charge in [-0.15, -0.1) is 5.10 Å². The second-order valence-corrected chi connectivity index (χ2v) is 3.89. The van der Waals surface area contributed by atoms with Crippen molar-refractivity contribution in [1.29, 1.82) is 0 Å². The van der Waals surface area contributed by atoms with Gasteiger partial charge in [0.25, 0.3) is 0 Å². The standard InChI is InChI=1S/C10H10FN3S/c1-12-6-9-10(13-14-15-9)7-4-2-3-5-8(7)11/h2-5,12H,6H2,1H3. The van der Waals surface area contributed by atoms with Crippen molar-refractivity contribution in [2.45, 2.75) is 6.54 Å². The first-order valence-electron chi connectivity index (χ1n) is 4.53. The summed E-state index contributed by atoms with van der Waals surface area (Å²) in [5.41, 5.74) is 1.14. The molecule has 0 aliphatic heterocycles. The van der Waals surface area contributed by atoms with Crippen LogP contribution in [0.2, 0.25) is 0 Å². The number of aromatic nitrogens is 2. The van der Waals surface area contributed by atoms with Gasteiger partial charge in [0.2, 0.25) is 0 Å². The molecule has 2 rings (SSSR count). The lowest BCUT2D eigenvalue weighted by atomic mass is 10.1. The Morgan fingerprint density at radius 1 is 1.40 bits per heavy atom. The van der Waals surface area contributed by atoms with Gasteiger partial charge >= 0.3 is 0 Å².